The Hall–Kier alpha value is -1.28. The SMILES string of the molecule is CCCCCCCCCCCCCCCCCCOCC(COC(=O)c1cccc(C[n+]2csc(C)c2)c1)OC.[Br-]. The fourth-order valence-corrected chi connectivity index (χ4v) is 5.57. The monoisotopic (exact) mass is 653 g/mol. The summed E-state index contributed by atoms with van der Waals surface area (Å²) < 4.78 is 18.9. The zero-order chi connectivity index (χ0) is 28.7. The molecule has 234 valence electrons. The second kappa shape index (κ2) is 25.2. The van der Waals surface area contributed by atoms with Crippen molar-refractivity contribution in [1.29, 1.82) is 0 Å². The van der Waals surface area contributed by atoms with E-state index in [0.717, 1.165) is 25.1 Å². The van der Waals surface area contributed by atoms with E-state index >= 15 is 0 Å². The van der Waals surface area contributed by atoms with Crippen LogP contribution in [0.15, 0.2) is 36.0 Å². The molecule has 2 rings (SSSR count). The van der Waals surface area contributed by atoms with Gasteiger partial charge in [-0.05, 0) is 25.5 Å². The van der Waals surface area contributed by atoms with Crippen molar-refractivity contribution in [1.82, 2.24) is 0 Å². The van der Waals surface area contributed by atoms with Gasteiger partial charge in [0.25, 0.3) is 0 Å². The minimum atomic E-state index is -0.326. The number of benzene rings is 1. The third-order valence-electron chi connectivity index (χ3n) is 7.43. The Labute approximate surface area is 265 Å². The Bertz CT molecular complexity index is 906. The molecule has 1 aromatic heterocycles. The molecular formula is C34H56BrNO4S. The molecule has 7 heteroatoms. The predicted molar refractivity (Wildman–Crippen MR) is 166 cm³/mol. The van der Waals surface area contributed by atoms with Gasteiger partial charge in [-0.25, -0.2) is 4.79 Å². The fraction of sp³-hybridized carbons (Fsp3) is 0.706. The van der Waals surface area contributed by atoms with Crippen LogP contribution in [0, 0.1) is 6.92 Å². The molecule has 0 saturated heterocycles. The molecule has 41 heavy (non-hydrogen) atoms. The molecule has 1 aromatic carbocycles. The third-order valence-corrected chi connectivity index (χ3v) is 8.28. The van der Waals surface area contributed by atoms with Crippen molar-refractivity contribution in [3.8, 4) is 0 Å². The number of unbranched alkanes of at least 4 members (excludes halogenated alkanes) is 15. The topological polar surface area (TPSA) is 48.6 Å². The summed E-state index contributed by atoms with van der Waals surface area (Å²) in [7, 11) is 1.64. The van der Waals surface area contributed by atoms with Crippen molar-refractivity contribution in [3.63, 3.8) is 0 Å². The molecule has 5 nitrogen and oxygen atoms in total. The van der Waals surface area contributed by atoms with Gasteiger partial charge in [0.15, 0.2) is 12.7 Å². The molecule has 0 amide bonds. The number of aromatic nitrogens is 1. The first-order valence-electron chi connectivity index (χ1n) is 15.9. The molecule has 0 saturated carbocycles. The number of hydrogen-bond donors (Lipinski definition) is 0. The smallest absolute Gasteiger partial charge is 0.338 e. The number of rotatable bonds is 25. The van der Waals surface area contributed by atoms with Crippen LogP contribution in [-0.4, -0.2) is 39.0 Å². The fourth-order valence-electron chi connectivity index (χ4n) is 4.94. The van der Waals surface area contributed by atoms with Gasteiger partial charge in [-0.15, -0.1) is 0 Å². The third kappa shape index (κ3) is 18.8. The van der Waals surface area contributed by atoms with Gasteiger partial charge >= 0.3 is 5.97 Å². The van der Waals surface area contributed by atoms with E-state index in [1.807, 2.05) is 18.2 Å². The lowest BCUT2D eigenvalue weighted by Gasteiger charge is -2.16. The zero-order valence-corrected chi connectivity index (χ0v) is 28.5. The highest BCUT2D eigenvalue weighted by Gasteiger charge is 2.15. The van der Waals surface area contributed by atoms with Crippen LogP contribution in [0.1, 0.15) is 130 Å². The zero-order valence-electron chi connectivity index (χ0n) is 26.1. The molecule has 0 spiro atoms. The van der Waals surface area contributed by atoms with E-state index in [9.17, 15) is 4.79 Å². The van der Waals surface area contributed by atoms with E-state index in [0.29, 0.717) is 12.2 Å². The summed E-state index contributed by atoms with van der Waals surface area (Å²) in [6.07, 6.45) is 23.7. The normalized spacial score (nSPS) is 11.8. The van der Waals surface area contributed by atoms with Crippen LogP contribution in [0.4, 0.5) is 0 Å². The number of carbonyl (C=O) groups is 1. The Morgan fingerprint density at radius 1 is 0.854 bits per heavy atom. The van der Waals surface area contributed by atoms with Crippen molar-refractivity contribution in [2.75, 3.05) is 26.9 Å². The molecule has 0 fully saturated rings. The number of hydrogen-bond acceptors (Lipinski definition) is 5. The Morgan fingerprint density at radius 3 is 1.98 bits per heavy atom. The molecule has 0 radical (unpaired) electrons. The predicted octanol–water partition coefficient (Wildman–Crippen LogP) is 5.85. The van der Waals surface area contributed by atoms with Gasteiger partial charge in [-0.3, -0.25) is 0 Å². The largest absolute Gasteiger partial charge is 1.00 e. The molecule has 1 heterocycles. The first-order chi connectivity index (χ1) is 19.6. The molecule has 0 aliphatic heterocycles. The Balaban J connectivity index is 0.00000840. The van der Waals surface area contributed by atoms with Gasteiger partial charge in [0.1, 0.15) is 12.7 Å². The summed E-state index contributed by atoms with van der Waals surface area (Å²) in [5.41, 5.74) is 3.72. The Morgan fingerprint density at radius 2 is 1.44 bits per heavy atom. The lowest BCUT2D eigenvalue weighted by molar-refractivity contribution is -0.683. The second-order valence-electron chi connectivity index (χ2n) is 11.2. The average Bonchev–Trinajstić information content (AvgIpc) is 3.38. The first-order valence-corrected chi connectivity index (χ1v) is 16.8. The van der Waals surface area contributed by atoms with Gasteiger partial charge in [0.2, 0.25) is 5.51 Å². The van der Waals surface area contributed by atoms with E-state index in [2.05, 4.69) is 30.1 Å². The van der Waals surface area contributed by atoms with Crippen LogP contribution in [0.3, 0.4) is 0 Å². The summed E-state index contributed by atoms with van der Waals surface area (Å²) in [6, 6.07) is 7.63. The lowest BCUT2D eigenvalue weighted by atomic mass is 10.0. The maximum atomic E-state index is 12.6. The van der Waals surface area contributed by atoms with Crippen LogP contribution < -0.4 is 21.5 Å². The number of thiazole rings is 1. The molecule has 2 aromatic rings. The van der Waals surface area contributed by atoms with Crippen molar-refractivity contribution in [2.24, 2.45) is 0 Å². The van der Waals surface area contributed by atoms with Crippen molar-refractivity contribution >= 4 is 17.3 Å². The lowest BCUT2D eigenvalue weighted by Crippen LogP contribution is -3.00. The molecule has 0 aliphatic rings. The molecular weight excluding hydrogens is 598 g/mol. The van der Waals surface area contributed by atoms with Crippen LogP contribution in [0.5, 0.6) is 0 Å². The minimum absolute atomic E-state index is 0. The molecule has 1 unspecified atom stereocenters. The molecule has 0 aliphatic carbocycles. The van der Waals surface area contributed by atoms with Gasteiger partial charge in [-0.2, -0.15) is 4.57 Å². The van der Waals surface area contributed by atoms with Crippen LogP contribution in [0.25, 0.3) is 0 Å². The second-order valence-corrected chi connectivity index (χ2v) is 12.3. The number of halogens is 1. The standard InChI is InChI=1S/C34H56NO4S.BrH/c1-4-5-6-7-8-9-10-11-12-13-14-15-16-17-18-19-23-38-27-33(37-3)28-39-34(36)32-22-20-21-31(24-32)26-35-25-30(2)40-29-35;/h20-22,24-25,29,33H,4-19,23,26-28H2,1-3H3;1H/q+1;/p-1. The van der Waals surface area contributed by atoms with Crippen LogP contribution in [-0.2, 0) is 20.8 Å². The number of nitrogens with zero attached hydrogens (tertiary/aromatic N) is 1. The van der Waals surface area contributed by atoms with Gasteiger partial charge in [-0.1, -0.05) is 127 Å². The van der Waals surface area contributed by atoms with E-state index in [4.69, 9.17) is 14.2 Å². The van der Waals surface area contributed by atoms with E-state index in [1.165, 1.54) is 101 Å². The van der Waals surface area contributed by atoms with E-state index in [1.54, 1.807) is 24.5 Å². The number of methoxy groups -OCH3 is 1. The highest BCUT2D eigenvalue weighted by molar-refractivity contribution is 7.09. The summed E-state index contributed by atoms with van der Waals surface area (Å²) >= 11 is 1.71. The minimum Gasteiger partial charge on any atom is -1.00 e. The first kappa shape index (κ1) is 37.7. The van der Waals surface area contributed by atoms with Crippen molar-refractivity contribution in [3.05, 3.63) is 52.0 Å². The van der Waals surface area contributed by atoms with E-state index < -0.39 is 0 Å². The number of aryl methyl sites for hydroxylation is 1. The molecule has 0 bridgehead atoms. The summed E-state index contributed by atoms with van der Waals surface area (Å²) in [5, 5.41) is 0. The van der Waals surface area contributed by atoms with Crippen molar-refractivity contribution in [2.45, 2.75) is 129 Å². The number of ether oxygens (including phenoxy) is 3. The quantitative estimate of drug-likeness (QED) is 0.0767. The summed E-state index contributed by atoms with van der Waals surface area (Å²) in [5.74, 6) is -0.326. The van der Waals surface area contributed by atoms with Crippen molar-refractivity contribution < 1.29 is 40.6 Å². The van der Waals surface area contributed by atoms with Crippen LogP contribution >= 0.6 is 11.3 Å². The highest BCUT2D eigenvalue weighted by atomic mass is 79.9. The maximum absolute atomic E-state index is 12.6. The molecule has 1 atom stereocenters. The number of esters is 1. The summed E-state index contributed by atoms with van der Waals surface area (Å²) in [4.78, 5) is 13.9. The van der Waals surface area contributed by atoms with Crippen LogP contribution in [0.2, 0.25) is 0 Å². The summed E-state index contributed by atoms with van der Waals surface area (Å²) in [6.45, 7) is 6.47. The highest BCUT2D eigenvalue weighted by Crippen LogP contribution is 2.14. The van der Waals surface area contributed by atoms with Gasteiger partial charge in [0.05, 0.1) is 17.0 Å². The number of carbonyl (C=O) groups excluding carboxylic acids is 1. The van der Waals surface area contributed by atoms with Gasteiger partial charge < -0.3 is 31.2 Å². The van der Waals surface area contributed by atoms with Gasteiger partial charge in [0, 0.05) is 19.3 Å². The average molecular weight is 655 g/mol. The van der Waals surface area contributed by atoms with E-state index in [-0.39, 0.29) is 35.7 Å². The molecule has 0 N–H and O–H groups in total. The maximum Gasteiger partial charge on any atom is 0.338 e. The Kier molecular flexibility index (Phi) is 23.2.